The number of carbonyl (C=O) groups excluding carboxylic acids is 1. The molecule has 0 spiro atoms. The number of esters is 1. The van der Waals surface area contributed by atoms with Gasteiger partial charge in [-0.25, -0.2) is 4.79 Å². The molecule has 0 atom stereocenters. The molecule has 0 amide bonds. The van der Waals surface area contributed by atoms with E-state index < -0.39 is 13.9 Å². The third kappa shape index (κ3) is 12.7. The lowest BCUT2D eigenvalue weighted by Gasteiger charge is -2.38. The van der Waals surface area contributed by atoms with E-state index in [9.17, 15) is 4.79 Å². The molecule has 266 valence electrons. The van der Waals surface area contributed by atoms with Gasteiger partial charge in [-0.1, -0.05) is 113 Å². The summed E-state index contributed by atoms with van der Waals surface area (Å²) in [5.41, 5.74) is 1.94. The average Bonchev–Trinajstić information content (AvgIpc) is 3.07. The highest BCUT2D eigenvalue weighted by atomic mass is 28.3. The smallest absolute Gasteiger partial charge is 0.335 e. The van der Waals surface area contributed by atoms with E-state index in [-0.39, 0.29) is 18.5 Å². The summed E-state index contributed by atoms with van der Waals surface area (Å²) >= 11 is 0. The monoisotopic (exact) mass is 668 g/mol. The Balaban J connectivity index is 1.06. The zero-order valence-electron chi connectivity index (χ0n) is 30.8. The fourth-order valence-electron chi connectivity index (χ4n) is 8.25. The molecule has 2 saturated carbocycles. The van der Waals surface area contributed by atoms with Crippen LogP contribution >= 0.6 is 0 Å². The molecule has 0 N–H and O–H groups in total. The molecule has 2 aliphatic carbocycles. The third-order valence-electron chi connectivity index (χ3n) is 11.6. The number of hydrogen-bond donors (Lipinski definition) is 0. The topological polar surface area (TPSA) is 54.0 Å². The van der Waals surface area contributed by atoms with Crippen molar-refractivity contribution in [1.82, 2.24) is 0 Å². The van der Waals surface area contributed by atoms with Crippen LogP contribution in [0.4, 0.5) is 0 Å². The minimum Gasteiger partial charge on any atom is -0.462 e. The van der Waals surface area contributed by atoms with Crippen LogP contribution in [0.5, 0.6) is 0 Å². The second-order valence-corrected chi connectivity index (χ2v) is 21.2. The second kappa shape index (κ2) is 19.1. The van der Waals surface area contributed by atoms with Gasteiger partial charge in [0.2, 0.25) is 0 Å². The van der Waals surface area contributed by atoms with Crippen LogP contribution in [-0.2, 0) is 23.7 Å². The van der Waals surface area contributed by atoms with Crippen molar-refractivity contribution in [2.75, 3.05) is 33.0 Å². The van der Waals surface area contributed by atoms with Crippen molar-refractivity contribution in [1.29, 1.82) is 0 Å². The SMILES string of the molecule is C=C(COCC1COC(C)(C)OC1)C(=O)OCCCCC[Si](C)(C)c1ccc(C2CCC(C3CCC(CCCCC)CC3)CC2)cc1. The van der Waals surface area contributed by atoms with Crippen molar-refractivity contribution in [3.8, 4) is 0 Å². The van der Waals surface area contributed by atoms with Crippen molar-refractivity contribution in [2.45, 2.75) is 148 Å². The van der Waals surface area contributed by atoms with Crippen molar-refractivity contribution in [2.24, 2.45) is 23.7 Å². The van der Waals surface area contributed by atoms with Gasteiger partial charge in [-0.3, -0.25) is 0 Å². The lowest BCUT2D eigenvalue weighted by Crippen LogP contribution is -2.41. The molecular formula is C41H68O5Si. The van der Waals surface area contributed by atoms with Gasteiger partial charge in [-0.05, 0) is 88.0 Å². The normalized spacial score (nSPS) is 25.4. The quantitative estimate of drug-likeness (QED) is 0.0675. The van der Waals surface area contributed by atoms with Gasteiger partial charge in [0.25, 0.3) is 0 Å². The number of rotatable bonds is 18. The van der Waals surface area contributed by atoms with Crippen LogP contribution in [0.25, 0.3) is 0 Å². The van der Waals surface area contributed by atoms with Gasteiger partial charge < -0.3 is 18.9 Å². The van der Waals surface area contributed by atoms with E-state index in [2.05, 4.69) is 50.9 Å². The van der Waals surface area contributed by atoms with Crippen LogP contribution in [0.2, 0.25) is 19.1 Å². The highest BCUT2D eigenvalue weighted by Gasteiger charge is 2.32. The fourth-order valence-corrected chi connectivity index (χ4v) is 10.7. The zero-order chi connectivity index (χ0) is 33.7. The number of ether oxygens (including phenoxy) is 4. The Bertz CT molecular complexity index is 1060. The molecular weight excluding hydrogens is 601 g/mol. The van der Waals surface area contributed by atoms with E-state index in [1.54, 1.807) is 10.8 Å². The Morgan fingerprint density at radius 1 is 0.851 bits per heavy atom. The summed E-state index contributed by atoms with van der Waals surface area (Å²) in [5, 5.41) is 1.57. The summed E-state index contributed by atoms with van der Waals surface area (Å²) in [6.45, 7) is 17.3. The van der Waals surface area contributed by atoms with Gasteiger partial charge in [0, 0.05) is 5.92 Å². The van der Waals surface area contributed by atoms with Crippen LogP contribution in [-0.4, -0.2) is 52.9 Å². The predicted molar refractivity (Wildman–Crippen MR) is 197 cm³/mol. The highest BCUT2D eigenvalue weighted by molar-refractivity contribution is 6.89. The number of benzene rings is 1. The lowest BCUT2D eigenvalue weighted by atomic mass is 9.68. The van der Waals surface area contributed by atoms with Gasteiger partial charge in [0.05, 0.1) is 46.7 Å². The fraction of sp³-hybridized carbons (Fsp3) is 0.780. The summed E-state index contributed by atoms with van der Waals surface area (Å²) in [6.07, 6.45) is 20.5. The molecule has 47 heavy (non-hydrogen) atoms. The molecule has 0 unspecified atom stereocenters. The van der Waals surface area contributed by atoms with Crippen molar-refractivity contribution in [3.63, 3.8) is 0 Å². The average molecular weight is 669 g/mol. The van der Waals surface area contributed by atoms with Crippen LogP contribution in [0.1, 0.15) is 129 Å². The number of unbranched alkanes of at least 4 members (excludes halogenated alkanes) is 4. The second-order valence-electron chi connectivity index (χ2n) is 16.3. The van der Waals surface area contributed by atoms with Crippen molar-refractivity contribution < 1.29 is 23.7 Å². The Labute approximate surface area is 288 Å². The summed E-state index contributed by atoms with van der Waals surface area (Å²) in [6, 6.07) is 11.1. The lowest BCUT2D eigenvalue weighted by molar-refractivity contribution is -0.266. The Kier molecular flexibility index (Phi) is 15.5. The van der Waals surface area contributed by atoms with Gasteiger partial charge in [0.1, 0.15) is 0 Å². The molecule has 6 heteroatoms. The standard InChI is InChI=1S/C41H68O5Si/c1-7-8-10-13-33-14-16-35(17-15-33)36-18-20-37(21-19-36)38-22-24-39(25-23-38)47(5,6)27-12-9-11-26-44-40(42)32(2)28-43-29-34-30-45-41(3,4)46-31-34/h22-25,33-37H,2,7-21,26-31H2,1,3-6H3. The first-order valence-electron chi connectivity index (χ1n) is 19.4. The molecule has 4 rings (SSSR count). The highest BCUT2D eigenvalue weighted by Crippen LogP contribution is 2.44. The maximum absolute atomic E-state index is 12.3. The van der Waals surface area contributed by atoms with Crippen molar-refractivity contribution in [3.05, 3.63) is 42.0 Å². The zero-order valence-corrected chi connectivity index (χ0v) is 31.8. The maximum Gasteiger partial charge on any atom is 0.335 e. The summed E-state index contributed by atoms with van der Waals surface area (Å²) < 4.78 is 22.5. The minimum absolute atomic E-state index is 0.168. The van der Waals surface area contributed by atoms with Gasteiger partial charge in [0.15, 0.2) is 5.79 Å². The van der Waals surface area contributed by atoms with E-state index in [0.717, 1.165) is 36.5 Å². The summed E-state index contributed by atoms with van der Waals surface area (Å²) in [7, 11) is -1.50. The molecule has 1 aromatic rings. The minimum atomic E-state index is -1.50. The molecule has 0 aromatic heterocycles. The summed E-state index contributed by atoms with van der Waals surface area (Å²) in [5.74, 6) is 3.07. The molecule has 0 bridgehead atoms. The molecule has 1 saturated heterocycles. The number of carbonyl (C=O) groups is 1. The van der Waals surface area contributed by atoms with Crippen LogP contribution in [0.3, 0.4) is 0 Å². The maximum atomic E-state index is 12.3. The predicted octanol–water partition coefficient (Wildman–Crippen LogP) is 9.95. The van der Waals surface area contributed by atoms with E-state index in [4.69, 9.17) is 18.9 Å². The van der Waals surface area contributed by atoms with Crippen LogP contribution in [0.15, 0.2) is 36.4 Å². The summed E-state index contributed by atoms with van der Waals surface area (Å²) in [4.78, 5) is 12.3. The third-order valence-corrected chi connectivity index (χ3v) is 15.1. The van der Waals surface area contributed by atoms with Gasteiger partial charge in [-0.2, -0.15) is 0 Å². The largest absolute Gasteiger partial charge is 0.462 e. The van der Waals surface area contributed by atoms with Crippen LogP contribution < -0.4 is 5.19 Å². The first kappa shape index (κ1) is 38.3. The first-order chi connectivity index (χ1) is 22.6. The number of hydrogen-bond acceptors (Lipinski definition) is 5. The Morgan fingerprint density at radius 2 is 1.49 bits per heavy atom. The van der Waals surface area contributed by atoms with E-state index in [1.807, 2.05) is 13.8 Å². The molecule has 5 nitrogen and oxygen atoms in total. The molecule has 1 aliphatic heterocycles. The van der Waals surface area contributed by atoms with E-state index in [0.29, 0.717) is 32.0 Å². The Morgan fingerprint density at radius 3 is 2.13 bits per heavy atom. The molecule has 1 aromatic carbocycles. The van der Waals surface area contributed by atoms with E-state index in [1.165, 1.54) is 89.5 Å². The van der Waals surface area contributed by atoms with Gasteiger partial charge in [-0.15, -0.1) is 0 Å². The first-order valence-corrected chi connectivity index (χ1v) is 22.6. The molecule has 1 heterocycles. The molecule has 3 fully saturated rings. The van der Waals surface area contributed by atoms with E-state index >= 15 is 0 Å². The van der Waals surface area contributed by atoms with Crippen molar-refractivity contribution >= 4 is 19.2 Å². The Hall–Kier alpha value is -1.47. The molecule has 0 radical (unpaired) electrons. The van der Waals surface area contributed by atoms with Crippen LogP contribution in [0, 0.1) is 23.7 Å². The molecule has 3 aliphatic rings. The van der Waals surface area contributed by atoms with Gasteiger partial charge >= 0.3 is 5.97 Å².